The van der Waals surface area contributed by atoms with Gasteiger partial charge in [-0.3, -0.25) is 0 Å². The van der Waals surface area contributed by atoms with Crippen molar-refractivity contribution in [3.05, 3.63) is 18.2 Å². The fraction of sp³-hybridized carbons (Fsp3) is 0.562. The normalized spacial score (nSPS) is 17.3. The molecule has 1 fully saturated rings. The molecule has 120 valence electrons. The molecule has 4 nitrogen and oxygen atoms in total. The van der Waals surface area contributed by atoms with Gasteiger partial charge in [-0.15, -0.1) is 0 Å². The first-order valence-electron chi connectivity index (χ1n) is 7.87. The van der Waals surface area contributed by atoms with Gasteiger partial charge in [-0.05, 0) is 37.2 Å². The van der Waals surface area contributed by atoms with Crippen molar-refractivity contribution in [2.24, 2.45) is 0 Å². The first-order chi connectivity index (χ1) is 10.8. The summed E-state index contributed by atoms with van der Waals surface area (Å²) in [7, 11) is 0. The molecule has 2 aliphatic rings. The first kappa shape index (κ1) is 15.7. The lowest BCUT2D eigenvalue weighted by molar-refractivity contribution is 0.174. The Kier molecular flexibility index (Phi) is 5.67. The monoisotopic (exact) mass is 338 g/mol. The summed E-state index contributed by atoms with van der Waals surface area (Å²) in [6.45, 7) is 1.19. The highest BCUT2D eigenvalue weighted by molar-refractivity contribution is 7.99. The number of rotatable bonds is 5. The molecule has 6 heteroatoms. The van der Waals surface area contributed by atoms with Crippen LogP contribution in [0.1, 0.15) is 32.1 Å². The molecule has 0 aromatic heterocycles. The van der Waals surface area contributed by atoms with E-state index in [4.69, 9.17) is 21.7 Å². The first-order valence-corrected chi connectivity index (χ1v) is 9.33. The summed E-state index contributed by atoms with van der Waals surface area (Å²) in [5, 5.41) is 7.96. The quantitative estimate of drug-likeness (QED) is 0.629. The average molecular weight is 338 g/mol. The summed E-state index contributed by atoms with van der Waals surface area (Å²) in [4.78, 5) is 0. The zero-order valence-corrected chi connectivity index (χ0v) is 14.2. The number of nitrogens with one attached hydrogen (secondary N) is 2. The van der Waals surface area contributed by atoms with E-state index >= 15 is 0 Å². The third-order valence-electron chi connectivity index (χ3n) is 3.92. The van der Waals surface area contributed by atoms with Gasteiger partial charge in [0.1, 0.15) is 0 Å². The Morgan fingerprint density at radius 2 is 2.00 bits per heavy atom. The van der Waals surface area contributed by atoms with Crippen LogP contribution >= 0.6 is 24.0 Å². The van der Waals surface area contributed by atoms with Crippen LogP contribution in [0.2, 0.25) is 0 Å². The second-order valence-corrected chi connectivity index (χ2v) is 7.40. The summed E-state index contributed by atoms with van der Waals surface area (Å²) >= 11 is 7.41. The molecule has 0 spiro atoms. The van der Waals surface area contributed by atoms with Crippen molar-refractivity contribution < 1.29 is 9.47 Å². The number of anilines is 1. The summed E-state index contributed by atoms with van der Waals surface area (Å²) in [6.07, 6.45) is 6.97. The van der Waals surface area contributed by atoms with Crippen LogP contribution in [-0.2, 0) is 0 Å². The van der Waals surface area contributed by atoms with Crippen molar-refractivity contribution in [3.8, 4) is 11.5 Å². The summed E-state index contributed by atoms with van der Waals surface area (Å²) in [6, 6.07) is 5.75. The molecule has 0 saturated heterocycles. The molecule has 1 aliphatic carbocycles. The lowest BCUT2D eigenvalue weighted by atomic mass is 10.0. The molecule has 0 radical (unpaired) electrons. The molecular weight excluding hydrogens is 316 g/mol. The molecule has 1 aliphatic heterocycles. The van der Waals surface area contributed by atoms with E-state index in [0.29, 0.717) is 11.9 Å². The van der Waals surface area contributed by atoms with Crippen LogP contribution in [0, 0.1) is 0 Å². The van der Waals surface area contributed by atoms with E-state index < -0.39 is 0 Å². The van der Waals surface area contributed by atoms with Crippen LogP contribution in [-0.4, -0.2) is 29.5 Å². The highest BCUT2D eigenvalue weighted by Crippen LogP contribution is 2.34. The van der Waals surface area contributed by atoms with Crippen LogP contribution in [0.4, 0.5) is 5.69 Å². The number of hydrogen-bond donors (Lipinski definition) is 2. The van der Waals surface area contributed by atoms with Crippen LogP contribution in [0.15, 0.2) is 18.2 Å². The van der Waals surface area contributed by atoms with Crippen LogP contribution in [0.5, 0.6) is 11.5 Å². The highest BCUT2D eigenvalue weighted by Gasteiger charge is 2.14. The zero-order valence-electron chi connectivity index (χ0n) is 12.6. The van der Waals surface area contributed by atoms with Crippen molar-refractivity contribution in [1.82, 2.24) is 5.32 Å². The maximum atomic E-state index is 5.36. The summed E-state index contributed by atoms with van der Waals surface area (Å²) in [5.41, 5.74) is 0.918. The maximum absolute atomic E-state index is 5.36. The van der Waals surface area contributed by atoms with Crippen LogP contribution in [0.3, 0.4) is 0 Å². The lowest BCUT2D eigenvalue weighted by Gasteiger charge is -2.21. The molecule has 1 heterocycles. The molecule has 0 unspecified atom stereocenters. The van der Waals surface area contributed by atoms with E-state index in [2.05, 4.69) is 22.4 Å². The smallest absolute Gasteiger partial charge is 0.231 e. The van der Waals surface area contributed by atoms with Gasteiger partial charge in [0.2, 0.25) is 6.79 Å². The highest BCUT2D eigenvalue weighted by atomic mass is 32.2. The Balaban J connectivity index is 1.35. The summed E-state index contributed by atoms with van der Waals surface area (Å²) in [5.74, 6) is 2.65. The topological polar surface area (TPSA) is 42.5 Å². The summed E-state index contributed by atoms with van der Waals surface area (Å²) < 4.78 is 10.7. The maximum Gasteiger partial charge on any atom is 0.231 e. The Bertz CT molecular complexity index is 519. The van der Waals surface area contributed by atoms with Gasteiger partial charge in [0.15, 0.2) is 16.6 Å². The number of fused-ring (bicyclic) bond motifs is 1. The Hall–Kier alpha value is -1.14. The van der Waals surface area contributed by atoms with E-state index in [1.54, 1.807) is 0 Å². The minimum absolute atomic E-state index is 0.292. The van der Waals surface area contributed by atoms with Crippen molar-refractivity contribution in [1.29, 1.82) is 0 Å². The van der Waals surface area contributed by atoms with Gasteiger partial charge in [0.05, 0.1) is 0 Å². The molecule has 0 amide bonds. The predicted molar refractivity (Wildman–Crippen MR) is 96.1 cm³/mol. The van der Waals surface area contributed by atoms with Crippen LogP contribution in [0.25, 0.3) is 0 Å². The molecule has 0 bridgehead atoms. The van der Waals surface area contributed by atoms with Gasteiger partial charge in [-0.25, -0.2) is 0 Å². The molecule has 1 aromatic carbocycles. The molecule has 1 saturated carbocycles. The lowest BCUT2D eigenvalue weighted by Crippen LogP contribution is -2.30. The number of thiocarbonyl (C=S) groups is 1. The number of hydrogen-bond acceptors (Lipinski definition) is 4. The molecule has 22 heavy (non-hydrogen) atoms. The second kappa shape index (κ2) is 7.92. The molecule has 2 N–H and O–H groups in total. The second-order valence-electron chi connectivity index (χ2n) is 5.58. The average Bonchev–Trinajstić information content (AvgIpc) is 3.00. The van der Waals surface area contributed by atoms with Gasteiger partial charge in [-0.1, -0.05) is 19.3 Å². The predicted octanol–water partition coefficient (Wildman–Crippen LogP) is 3.77. The minimum Gasteiger partial charge on any atom is -0.454 e. The SMILES string of the molecule is S=C(NCCSC1CCCCC1)Nc1ccc2c(c1)OCO2. The van der Waals surface area contributed by atoms with Crippen molar-refractivity contribution in [2.45, 2.75) is 37.4 Å². The van der Waals surface area contributed by atoms with E-state index in [1.165, 1.54) is 32.1 Å². The molecule has 1 aromatic rings. The fourth-order valence-electron chi connectivity index (χ4n) is 2.77. The van der Waals surface area contributed by atoms with Gasteiger partial charge in [-0.2, -0.15) is 11.8 Å². The zero-order chi connectivity index (χ0) is 15.2. The number of thioether (sulfide) groups is 1. The number of ether oxygens (including phenoxy) is 2. The van der Waals surface area contributed by atoms with Crippen molar-refractivity contribution in [2.75, 3.05) is 24.4 Å². The van der Waals surface area contributed by atoms with Gasteiger partial charge in [0.25, 0.3) is 0 Å². The number of benzene rings is 1. The van der Waals surface area contributed by atoms with Crippen LogP contribution < -0.4 is 20.1 Å². The minimum atomic E-state index is 0.292. The van der Waals surface area contributed by atoms with Gasteiger partial charge in [0, 0.05) is 29.3 Å². The fourth-order valence-corrected chi connectivity index (χ4v) is 4.21. The Morgan fingerprint density at radius 1 is 1.18 bits per heavy atom. The van der Waals surface area contributed by atoms with E-state index in [9.17, 15) is 0 Å². The van der Waals surface area contributed by atoms with E-state index in [0.717, 1.165) is 34.7 Å². The Morgan fingerprint density at radius 3 is 2.86 bits per heavy atom. The van der Waals surface area contributed by atoms with E-state index in [-0.39, 0.29) is 0 Å². The largest absolute Gasteiger partial charge is 0.454 e. The van der Waals surface area contributed by atoms with Crippen molar-refractivity contribution >= 4 is 34.8 Å². The van der Waals surface area contributed by atoms with Gasteiger partial charge >= 0.3 is 0 Å². The van der Waals surface area contributed by atoms with Gasteiger partial charge < -0.3 is 20.1 Å². The third-order valence-corrected chi connectivity index (χ3v) is 5.55. The Labute approximate surface area is 141 Å². The standard InChI is InChI=1S/C16H22N2O2S2/c21-16(17-8-9-22-13-4-2-1-3-5-13)18-12-6-7-14-15(10-12)20-11-19-14/h6-7,10,13H,1-5,8-9,11H2,(H2,17,18,21). The van der Waals surface area contributed by atoms with E-state index in [1.807, 2.05) is 18.2 Å². The molecule has 0 atom stereocenters. The third kappa shape index (κ3) is 4.43. The van der Waals surface area contributed by atoms with Crippen molar-refractivity contribution in [3.63, 3.8) is 0 Å². The molecular formula is C16H22N2O2S2. The molecule has 3 rings (SSSR count).